The fourth-order valence-electron chi connectivity index (χ4n) is 1.73. The second kappa shape index (κ2) is 6.36. The van der Waals surface area contributed by atoms with Crippen molar-refractivity contribution in [1.82, 2.24) is 4.98 Å². The molecule has 1 N–H and O–H groups in total. The molecule has 0 aliphatic rings. The fraction of sp³-hybridized carbons (Fsp3) is 0.214. The van der Waals surface area contributed by atoms with Crippen LogP contribution in [0.1, 0.15) is 32.6 Å². The molecule has 0 saturated carbocycles. The third-order valence-electron chi connectivity index (χ3n) is 2.70. The number of aryl methyl sites for hydroxylation is 1. The van der Waals surface area contributed by atoms with E-state index < -0.39 is 5.97 Å². The maximum absolute atomic E-state index is 11.8. The van der Waals surface area contributed by atoms with E-state index in [-0.39, 0.29) is 11.5 Å². The van der Waals surface area contributed by atoms with Crippen molar-refractivity contribution in [3.05, 3.63) is 38.8 Å². The second-order valence-corrected chi connectivity index (χ2v) is 6.01. The lowest BCUT2D eigenvalue weighted by Gasteiger charge is -2.01. The van der Waals surface area contributed by atoms with E-state index in [4.69, 9.17) is 9.84 Å². The lowest BCUT2D eigenvalue weighted by molar-refractivity contribution is 0.0530. The predicted molar refractivity (Wildman–Crippen MR) is 82.9 cm³/mol. The highest BCUT2D eigenvalue weighted by Gasteiger charge is 2.18. The number of hydrogen-bond donors (Lipinski definition) is 1. The minimum Gasteiger partial charge on any atom is -0.478 e. The Morgan fingerprint density at radius 3 is 2.71 bits per heavy atom. The zero-order valence-electron chi connectivity index (χ0n) is 11.3. The summed E-state index contributed by atoms with van der Waals surface area (Å²) in [7, 11) is 0. The van der Waals surface area contributed by atoms with E-state index in [9.17, 15) is 9.59 Å². The van der Waals surface area contributed by atoms with Gasteiger partial charge in [0.15, 0.2) is 0 Å². The van der Waals surface area contributed by atoms with Crippen LogP contribution in [0.2, 0.25) is 0 Å². The van der Waals surface area contributed by atoms with Gasteiger partial charge in [0.05, 0.1) is 17.9 Å². The molecule has 0 fully saturated rings. The highest BCUT2D eigenvalue weighted by molar-refractivity contribution is 9.10. The van der Waals surface area contributed by atoms with Crippen LogP contribution in [-0.4, -0.2) is 28.6 Å². The van der Waals surface area contributed by atoms with Crippen molar-refractivity contribution in [2.75, 3.05) is 6.61 Å². The number of halogens is 1. The zero-order valence-corrected chi connectivity index (χ0v) is 13.7. The maximum atomic E-state index is 11.8. The van der Waals surface area contributed by atoms with Crippen LogP contribution in [0.25, 0.3) is 10.6 Å². The first-order valence-corrected chi connectivity index (χ1v) is 7.72. The molecular weight excluding hydrogens is 358 g/mol. The van der Waals surface area contributed by atoms with E-state index in [0.29, 0.717) is 26.7 Å². The molecule has 0 radical (unpaired) electrons. The van der Waals surface area contributed by atoms with Crippen molar-refractivity contribution in [3.63, 3.8) is 0 Å². The molecule has 0 aliphatic carbocycles. The van der Waals surface area contributed by atoms with Gasteiger partial charge in [0.2, 0.25) is 0 Å². The summed E-state index contributed by atoms with van der Waals surface area (Å²) < 4.78 is 5.45. The molecule has 1 aromatic heterocycles. The Morgan fingerprint density at radius 2 is 2.14 bits per heavy atom. The number of carboxylic acids is 1. The Morgan fingerprint density at radius 1 is 1.43 bits per heavy atom. The van der Waals surface area contributed by atoms with E-state index in [1.165, 1.54) is 17.4 Å². The monoisotopic (exact) mass is 369 g/mol. The average Bonchev–Trinajstić information content (AvgIpc) is 2.80. The topological polar surface area (TPSA) is 76.5 Å². The quantitative estimate of drug-likeness (QED) is 0.830. The van der Waals surface area contributed by atoms with Crippen molar-refractivity contribution in [2.24, 2.45) is 0 Å². The van der Waals surface area contributed by atoms with Gasteiger partial charge < -0.3 is 9.84 Å². The van der Waals surface area contributed by atoms with Gasteiger partial charge in [-0.2, -0.15) is 0 Å². The molecule has 2 rings (SSSR count). The lowest BCUT2D eigenvalue weighted by atomic mass is 10.1. The minimum atomic E-state index is -1.00. The number of hydrogen-bond acceptors (Lipinski definition) is 5. The Hall–Kier alpha value is -1.73. The molecule has 0 atom stereocenters. The van der Waals surface area contributed by atoms with Gasteiger partial charge in [-0.25, -0.2) is 14.6 Å². The summed E-state index contributed by atoms with van der Waals surface area (Å²) in [5, 5.41) is 9.65. The van der Waals surface area contributed by atoms with Crippen molar-refractivity contribution >= 4 is 39.2 Å². The van der Waals surface area contributed by atoms with Crippen LogP contribution in [0.5, 0.6) is 0 Å². The second-order valence-electron chi connectivity index (χ2n) is 4.15. The number of benzene rings is 1. The summed E-state index contributed by atoms with van der Waals surface area (Å²) in [4.78, 5) is 27.6. The number of rotatable bonds is 4. The van der Waals surface area contributed by atoms with Gasteiger partial charge >= 0.3 is 11.9 Å². The van der Waals surface area contributed by atoms with Crippen LogP contribution in [0.15, 0.2) is 22.7 Å². The van der Waals surface area contributed by atoms with Gasteiger partial charge in [-0.1, -0.05) is 6.07 Å². The molecule has 1 heterocycles. The molecule has 0 amide bonds. The van der Waals surface area contributed by atoms with Gasteiger partial charge in [0.1, 0.15) is 9.88 Å². The SMILES string of the molecule is CCOC(=O)c1sc(-c2ccc(C(=O)O)c(Br)c2)nc1C. The van der Waals surface area contributed by atoms with E-state index in [1.54, 1.807) is 26.0 Å². The summed E-state index contributed by atoms with van der Waals surface area (Å²) in [6.45, 7) is 3.80. The molecule has 0 saturated heterocycles. The van der Waals surface area contributed by atoms with Crippen LogP contribution in [0, 0.1) is 6.92 Å². The van der Waals surface area contributed by atoms with Crippen LogP contribution in [0.3, 0.4) is 0 Å². The molecule has 0 bridgehead atoms. The standard InChI is InChI=1S/C14H12BrNO4S/c1-3-20-14(19)11-7(2)16-12(21-11)8-4-5-9(13(17)18)10(15)6-8/h4-6H,3H2,1-2H3,(H,17,18). The van der Waals surface area contributed by atoms with E-state index in [0.717, 1.165) is 5.56 Å². The third-order valence-corrected chi connectivity index (χ3v) is 4.55. The van der Waals surface area contributed by atoms with Gasteiger partial charge in [0.25, 0.3) is 0 Å². The first-order valence-electron chi connectivity index (χ1n) is 6.11. The smallest absolute Gasteiger partial charge is 0.350 e. The highest BCUT2D eigenvalue weighted by Crippen LogP contribution is 2.31. The van der Waals surface area contributed by atoms with Gasteiger partial charge in [0, 0.05) is 10.0 Å². The third kappa shape index (κ3) is 3.30. The molecule has 0 unspecified atom stereocenters. The maximum Gasteiger partial charge on any atom is 0.350 e. The number of aromatic nitrogens is 1. The van der Waals surface area contributed by atoms with Crippen molar-refractivity contribution in [1.29, 1.82) is 0 Å². The number of nitrogens with zero attached hydrogens (tertiary/aromatic N) is 1. The predicted octanol–water partition coefficient (Wildman–Crippen LogP) is 3.76. The number of carbonyl (C=O) groups is 2. The molecule has 0 spiro atoms. The van der Waals surface area contributed by atoms with Gasteiger partial charge in [-0.3, -0.25) is 0 Å². The first-order chi connectivity index (χ1) is 9.93. The number of aromatic carboxylic acids is 1. The minimum absolute atomic E-state index is 0.178. The number of carbonyl (C=O) groups excluding carboxylic acids is 1. The number of ether oxygens (including phenoxy) is 1. The Balaban J connectivity index is 2.39. The van der Waals surface area contributed by atoms with E-state index in [1.807, 2.05) is 0 Å². The summed E-state index contributed by atoms with van der Waals surface area (Å²) in [6.07, 6.45) is 0. The summed E-state index contributed by atoms with van der Waals surface area (Å²) >= 11 is 4.46. The Bertz CT molecular complexity index is 711. The Kier molecular flexibility index (Phi) is 4.74. The van der Waals surface area contributed by atoms with Crippen LogP contribution >= 0.6 is 27.3 Å². The first kappa shape index (κ1) is 15.7. The summed E-state index contributed by atoms with van der Waals surface area (Å²) in [6, 6.07) is 4.85. The van der Waals surface area contributed by atoms with Crippen molar-refractivity contribution in [3.8, 4) is 10.6 Å². The van der Waals surface area contributed by atoms with Crippen LogP contribution in [-0.2, 0) is 4.74 Å². The summed E-state index contributed by atoms with van der Waals surface area (Å²) in [5.41, 5.74) is 1.53. The summed E-state index contributed by atoms with van der Waals surface area (Å²) in [5.74, 6) is -1.39. The molecule has 1 aromatic carbocycles. The van der Waals surface area contributed by atoms with E-state index >= 15 is 0 Å². The van der Waals surface area contributed by atoms with Gasteiger partial charge in [-0.15, -0.1) is 11.3 Å². The highest BCUT2D eigenvalue weighted by atomic mass is 79.9. The lowest BCUT2D eigenvalue weighted by Crippen LogP contribution is -2.03. The fourth-order valence-corrected chi connectivity index (χ4v) is 3.23. The average molecular weight is 370 g/mol. The molecule has 21 heavy (non-hydrogen) atoms. The molecule has 5 nitrogen and oxygen atoms in total. The molecule has 7 heteroatoms. The van der Waals surface area contributed by atoms with Crippen LogP contribution in [0.4, 0.5) is 0 Å². The van der Waals surface area contributed by atoms with E-state index in [2.05, 4.69) is 20.9 Å². The molecule has 2 aromatic rings. The largest absolute Gasteiger partial charge is 0.478 e. The molecular formula is C14H12BrNO4S. The number of carboxylic acid groups (broad SMARTS) is 1. The normalized spacial score (nSPS) is 10.4. The molecule has 0 aliphatic heterocycles. The zero-order chi connectivity index (χ0) is 15.6. The van der Waals surface area contributed by atoms with Crippen molar-refractivity contribution < 1.29 is 19.4 Å². The Labute approximate surface area is 133 Å². The van der Waals surface area contributed by atoms with Gasteiger partial charge in [-0.05, 0) is 41.9 Å². The van der Waals surface area contributed by atoms with Crippen molar-refractivity contribution in [2.45, 2.75) is 13.8 Å². The number of esters is 1. The molecule has 110 valence electrons. The number of thiazole rings is 1. The van der Waals surface area contributed by atoms with Crippen LogP contribution < -0.4 is 0 Å².